The quantitative estimate of drug-likeness (QED) is 0.0866. The molecule has 0 atom stereocenters. The van der Waals surface area contributed by atoms with Crippen LogP contribution in [0.3, 0.4) is 0 Å². The summed E-state index contributed by atoms with van der Waals surface area (Å²) in [5.41, 5.74) is 15.4. The Hall–Kier alpha value is -5.08. The van der Waals surface area contributed by atoms with Crippen LogP contribution in [0.5, 0.6) is 11.5 Å². The molecular weight excluding hydrogens is 669 g/mol. The fourth-order valence-electron chi connectivity index (χ4n) is 8.95. The topological polar surface area (TPSA) is 40.5 Å². The molecule has 6 aromatic rings. The molecule has 2 heteroatoms. The van der Waals surface area contributed by atoms with E-state index in [1.165, 1.54) is 134 Å². The molecule has 0 aromatic heterocycles. The zero-order chi connectivity index (χ0) is 38.0. The molecule has 0 saturated carbocycles. The van der Waals surface area contributed by atoms with Crippen molar-refractivity contribution in [2.24, 2.45) is 0 Å². The minimum Gasteiger partial charge on any atom is -0.508 e. The second-order valence-electron chi connectivity index (χ2n) is 15.9. The summed E-state index contributed by atoms with van der Waals surface area (Å²) < 4.78 is 0. The van der Waals surface area contributed by atoms with Gasteiger partial charge in [0.25, 0.3) is 0 Å². The van der Waals surface area contributed by atoms with Gasteiger partial charge in [0.1, 0.15) is 11.5 Å². The SMILES string of the molecule is CCCCCCCCC1(CCCCCCCC)c2cc(-c3ccc(-c4ccc(O)cc4)cc3)ccc2-c2ccc(-c3ccc(-c4ccc(O)cc4)cc3)cc21. The summed E-state index contributed by atoms with van der Waals surface area (Å²) in [7, 11) is 0. The van der Waals surface area contributed by atoms with E-state index >= 15 is 0 Å². The monoisotopic (exact) mass is 726 g/mol. The molecule has 0 fully saturated rings. The molecule has 1 aliphatic carbocycles. The van der Waals surface area contributed by atoms with Gasteiger partial charge < -0.3 is 10.2 Å². The van der Waals surface area contributed by atoms with Crippen molar-refractivity contribution in [1.82, 2.24) is 0 Å². The van der Waals surface area contributed by atoms with Crippen LogP contribution >= 0.6 is 0 Å². The molecule has 2 nitrogen and oxygen atoms in total. The van der Waals surface area contributed by atoms with Crippen molar-refractivity contribution in [2.45, 2.75) is 109 Å². The van der Waals surface area contributed by atoms with Crippen molar-refractivity contribution in [3.8, 4) is 67.1 Å². The fourth-order valence-corrected chi connectivity index (χ4v) is 8.95. The number of phenolic OH excluding ortho intramolecular Hbond substituents is 2. The van der Waals surface area contributed by atoms with Crippen molar-refractivity contribution in [3.05, 3.63) is 145 Å². The van der Waals surface area contributed by atoms with E-state index in [9.17, 15) is 10.2 Å². The summed E-state index contributed by atoms with van der Waals surface area (Å²) >= 11 is 0. The molecule has 0 radical (unpaired) electrons. The molecule has 2 N–H and O–H groups in total. The third kappa shape index (κ3) is 8.75. The molecule has 0 amide bonds. The smallest absolute Gasteiger partial charge is 0.115 e. The van der Waals surface area contributed by atoms with E-state index in [1.54, 1.807) is 24.3 Å². The van der Waals surface area contributed by atoms with Crippen LogP contribution in [0.1, 0.15) is 115 Å². The molecule has 6 aromatic carbocycles. The first-order valence-electron chi connectivity index (χ1n) is 21.1. The van der Waals surface area contributed by atoms with Crippen molar-refractivity contribution in [1.29, 1.82) is 0 Å². The van der Waals surface area contributed by atoms with Crippen LogP contribution in [0, 0.1) is 0 Å². The second kappa shape index (κ2) is 18.0. The van der Waals surface area contributed by atoms with E-state index in [4.69, 9.17) is 0 Å². The van der Waals surface area contributed by atoms with E-state index in [0.29, 0.717) is 11.5 Å². The lowest BCUT2D eigenvalue weighted by Gasteiger charge is -2.33. The van der Waals surface area contributed by atoms with Gasteiger partial charge in [-0.1, -0.05) is 188 Å². The van der Waals surface area contributed by atoms with Crippen molar-refractivity contribution < 1.29 is 10.2 Å². The van der Waals surface area contributed by atoms with Gasteiger partial charge in [-0.2, -0.15) is 0 Å². The van der Waals surface area contributed by atoms with E-state index in [-0.39, 0.29) is 5.41 Å². The van der Waals surface area contributed by atoms with Gasteiger partial charge in [0.05, 0.1) is 0 Å². The highest BCUT2D eigenvalue weighted by atomic mass is 16.3. The zero-order valence-electron chi connectivity index (χ0n) is 33.0. The molecule has 55 heavy (non-hydrogen) atoms. The van der Waals surface area contributed by atoms with E-state index < -0.39 is 0 Å². The van der Waals surface area contributed by atoms with E-state index in [0.717, 1.165) is 22.3 Å². The number of fused-ring (bicyclic) bond motifs is 3. The van der Waals surface area contributed by atoms with Crippen LogP contribution in [0.25, 0.3) is 55.6 Å². The van der Waals surface area contributed by atoms with Crippen LogP contribution in [0.15, 0.2) is 133 Å². The predicted octanol–water partition coefficient (Wildman–Crippen LogP) is 15.5. The molecule has 0 saturated heterocycles. The largest absolute Gasteiger partial charge is 0.508 e. The number of unbranched alkanes of at least 4 members (excludes halogenated alkanes) is 10. The first kappa shape index (κ1) is 38.2. The van der Waals surface area contributed by atoms with Crippen molar-refractivity contribution in [2.75, 3.05) is 0 Å². The van der Waals surface area contributed by atoms with Crippen LogP contribution in [-0.4, -0.2) is 10.2 Å². The van der Waals surface area contributed by atoms with Crippen LogP contribution in [0.2, 0.25) is 0 Å². The second-order valence-corrected chi connectivity index (χ2v) is 15.9. The molecule has 0 unspecified atom stereocenters. The number of hydrogen-bond acceptors (Lipinski definition) is 2. The highest BCUT2D eigenvalue weighted by Gasteiger charge is 2.42. The Morgan fingerprint density at radius 2 is 0.600 bits per heavy atom. The Morgan fingerprint density at radius 1 is 0.327 bits per heavy atom. The molecule has 0 bridgehead atoms. The van der Waals surface area contributed by atoms with Gasteiger partial charge in [0, 0.05) is 5.41 Å². The summed E-state index contributed by atoms with van der Waals surface area (Å²) in [6, 6.07) is 47.4. The first-order valence-corrected chi connectivity index (χ1v) is 21.1. The standard InChI is InChI=1S/C53H58O2/c1-3-5-7-9-11-13-35-53(36-14-12-10-8-6-4-2)51-37-45(43-19-15-39(16-20-43)41-23-29-47(54)30-24-41)27-33-49(51)50-34-28-46(38-52(50)53)44-21-17-40(18-22-44)42-25-31-48(55)32-26-42/h15-34,37-38,54-55H,3-14,35-36H2,1-2H3. The summed E-state index contributed by atoms with van der Waals surface area (Å²) in [6.45, 7) is 4.61. The lowest BCUT2D eigenvalue weighted by Crippen LogP contribution is -2.25. The summed E-state index contributed by atoms with van der Waals surface area (Å²) in [4.78, 5) is 0. The Labute approximate surface area is 330 Å². The number of phenols is 2. The van der Waals surface area contributed by atoms with Gasteiger partial charge in [-0.15, -0.1) is 0 Å². The average molecular weight is 727 g/mol. The molecule has 0 aliphatic heterocycles. The fraction of sp³-hybridized carbons (Fsp3) is 0.321. The van der Waals surface area contributed by atoms with Crippen molar-refractivity contribution in [3.63, 3.8) is 0 Å². The van der Waals surface area contributed by atoms with Crippen LogP contribution < -0.4 is 0 Å². The lowest BCUT2D eigenvalue weighted by molar-refractivity contribution is 0.398. The first-order chi connectivity index (χ1) is 27.0. The Balaban J connectivity index is 1.26. The maximum Gasteiger partial charge on any atom is 0.115 e. The third-order valence-electron chi connectivity index (χ3n) is 12.1. The van der Waals surface area contributed by atoms with Gasteiger partial charge >= 0.3 is 0 Å². The van der Waals surface area contributed by atoms with Crippen molar-refractivity contribution >= 4 is 0 Å². The Kier molecular flexibility index (Phi) is 12.5. The minimum absolute atomic E-state index is 0.0236. The summed E-state index contributed by atoms with van der Waals surface area (Å²) in [6.07, 6.45) is 18.0. The van der Waals surface area contributed by atoms with Crippen LogP contribution in [0.4, 0.5) is 0 Å². The lowest BCUT2D eigenvalue weighted by atomic mass is 9.70. The summed E-state index contributed by atoms with van der Waals surface area (Å²) in [5, 5.41) is 19.6. The van der Waals surface area contributed by atoms with Gasteiger partial charge in [-0.3, -0.25) is 0 Å². The highest BCUT2D eigenvalue weighted by molar-refractivity contribution is 5.86. The molecular formula is C53H58O2. The highest BCUT2D eigenvalue weighted by Crippen LogP contribution is 2.56. The zero-order valence-corrected chi connectivity index (χ0v) is 33.0. The van der Waals surface area contributed by atoms with E-state index in [1.807, 2.05) is 24.3 Å². The molecule has 282 valence electrons. The minimum atomic E-state index is -0.0236. The normalized spacial score (nSPS) is 12.8. The van der Waals surface area contributed by atoms with Gasteiger partial charge in [-0.05, 0) is 116 Å². The molecule has 0 heterocycles. The van der Waals surface area contributed by atoms with Gasteiger partial charge in [-0.25, -0.2) is 0 Å². The van der Waals surface area contributed by atoms with E-state index in [2.05, 4.69) is 98.8 Å². The maximum atomic E-state index is 9.81. The maximum absolute atomic E-state index is 9.81. The predicted molar refractivity (Wildman–Crippen MR) is 234 cm³/mol. The number of benzene rings is 6. The van der Waals surface area contributed by atoms with Gasteiger partial charge in [0.15, 0.2) is 0 Å². The molecule has 7 rings (SSSR count). The Bertz CT molecular complexity index is 1970. The number of rotatable bonds is 18. The third-order valence-corrected chi connectivity index (χ3v) is 12.1. The van der Waals surface area contributed by atoms with Gasteiger partial charge in [0.2, 0.25) is 0 Å². The Morgan fingerprint density at radius 3 is 0.945 bits per heavy atom. The molecule has 0 spiro atoms. The molecule has 1 aliphatic rings. The summed E-state index contributed by atoms with van der Waals surface area (Å²) in [5.74, 6) is 0.584. The van der Waals surface area contributed by atoms with Crippen LogP contribution in [-0.2, 0) is 5.41 Å². The number of hydrogen-bond donors (Lipinski definition) is 2. The average Bonchev–Trinajstić information content (AvgIpc) is 3.49. The number of aromatic hydroxyl groups is 2.